The molecule has 1 amide bonds. The highest BCUT2D eigenvalue weighted by atomic mass is 32.2. The lowest BCUT2D eigenvalue weighted by Crippen LogP contribution is -2.41. The number of carbonyl (C=O) groups excluding carboxylic acids is 1. The Bertz CT molecular complexity index is 1180. The molecule has 1 aromatic heterocycles. The van der Waals surface area contributed by atoms with Gasteiger partial charge in [0.25, 0.3) is 5.91 Å². The molecule has 3 heterocycles. The molecule has 2 aromatic rings. The van der Waals surface area contributed by atoms with Gasteiger partial charge in [0.2, 0.25) is 10.0 Å². The number of nitriles is 1. The number of sulfonamides is 1. The number of rotatable bonds is 5. The predicted molar refractivity (Wildman–Crippen MR) is 130 cm³/mol. The number of hydrogen-bond donors (Lipinski definition) is 1. The number of fused-ring (bicyclic) bond motifs is 1. The van der Waals surface area contributed by atoms with Gasteiger partial charge in [-0.1, -0.05) is 6.42 Å². The van der Waals surface area contributed by atoms with Gasteiger partial charge in [-0.3, -0.25) is 9.69 Å². The lowest BCUT2D eigenvalue weighted by molar-refractivity contribution is 0.102. The number of piperidine rings is 1. The van der Waals surface area contributed by atoms with E-state index in [0.29, 0.717) is 28.7 Å². The van der Waals surface area contributed by atoms with Gasteiger partial charge in [-0.2, -0.15) is 9.57 Å². The quantitative estimate of drug-likeness (QED) is 0.684. The van der Waals surface area contributed by atoms with Gasteiger partial charge in [-0.15, -0.1) is 11.3 Å². The Kier molecular flexibility index (Phi) is 6.91. The van der Waals surface area contributed by atoms with Crippen LogP contribution in [0.25, 0.3) is 0 Å². The molecule has 9 heteroatoms. The minimum Gasteiger partial charge on any atom is -0.312 e. The maximum atomic E-state index is 13.0. The highest BCUT2D eigenvalue weighted by molar-refractivity contribution is 7.89. The first-order valence-electron chi connectivity index (χ1n) is 11.4. The van der Waals surface area contributed by atoms with Crippen molar-refractivity contribution in [3.05, 3.63) is 45.8 Å². The van der Waals surface area contributed by atoms with Gasteiger partial charge in [-0.05, 0) is 69.9 Å². The predicted octanol–water partition coefficient (Wildman–Crippen LogP) is 4.20. The Morgan fingerprint density at radius 1 is 1.21 bits per heavy atom. The Balaban J connectivity index is 1.52. The number of anilines is 1. The van der Waals surface area contributed by atoms with E-state index in [2.05, 4.69) is 30.1 Å². The van der Waals surface area contributed by atoms with Crippen LogP contribution >= 0.6 is 11.3 Å². The average molecular weight is 487 g/mol. The second kappa shape index (κ2) is 9.55. The Hall–Kier alpha value is -2.25. The number of nitrogens with one attached hydrogen (secondary N) is 1. The third-order valence-corrected chi connectivity index (χ3v) is 9.78. The van der Waals surface area contributed by atoms with E-state index in [1.807, 2.05) is 6.92 Å². The molecule has 2 aliphatic heterocycles. The molecule has 0 saturated carbocycles. The lowest BCUT2D eigenvalue weighted by atomic mass is 10.0. The second-order valence-electron chi connectivity index (χ2n) is 9.07. The molecule has 33 heavy (non-hydrogen) atoms. The van der Waals surface area contributed by atoms with Crippen molar-refractivity contribution in [3.63, 3.8) is 0 Å². The maximum absolute atomic E-state index is 13.0. The van der Waals surface area contributed by atoms with E-state index in [1.54, 1.807) is 4.31 Å². The summed E-state index contributed by atoms with van der Waals surface area (Å²) in [5.74, 6) is -0.346. The Labute approximate surface area is 200 Å². The molecule has 0 aliphatic carbocycles. The summed E-state index contributed by atoms with van der Waals surface area (Å²) < 4.78 is 27.6. The average Bonchev–Trinajstić information content (AvgIpc) is 3.15. The molecule has 1 saturated heterocycles. The van der Waals surface area contributed by atoms with Crippen LogP contribution in [0.2, 0.25) is 0 Å². The second-order valence-corrected chi connectivity index (χ2v) is 12.1. The number of nitrogens with zero attached hydrogens (tertiary/aromatic N) is 3. The van der Waals surface area contributed by atoms with Crippen LogP contribution in [0, 0.1) is 11.3 Å². The Morgan fingerprint density at radius 3 is 2.58 bits per heavy atom. The van der Waals surface area contributed by atoms with Gasteiger partial charge < -0.3 is 5.32 Å². The molecule has 4 rings (SSSR count). The van der Waals surface area contributed by atoms with Crippen molar-refractivity contribution in [2.45, 2.75) is 70.0 Å². The SMILES string of the molecule is CC(C)N1CCc2c(sc(NC(=O)c3ccc(S(=O)(=O)N4CCCCC4C)cc3)c2C#N)C1. The van der Waals surface area contributed by atoms with Crippen LogP contribution in [0.5, 0.6) is 0 Å². The first kappa shape index (κ1) is 23.9. The van der Waals surface area contributed by atoms with Crippen molar-refractivity contribution in [1.82, 2.24) is 9.21 Å². The van der Waals surface area contributed by atoms with Crippen molar-refractivity contribution < 1.29 is 13.2 Å². The summed E-state index contributed by atoms with van der Waals surface area (Å²) in [5, 5.41) is 13.2. The summed E-state index contributed by atoms with van der Waals surface area (Å²) in [6.45, 7) is 8.45. The van der Waals surface area contributed by atoms with Crippen molar-refractivity contribution >= 4 is 32.3 Å². The number of thiophene rings is 1. The normalized spacial score (nSPS) is 19.8. The molecule has 1 atom stereocenters. The van der Waals surface area contributed by atoms with E-state index in [1.165, 1.54) is 35.6 Å². The zero-order valence-electron chi connectivity index (χ0n) is 19.3. The zero-order valence-corrected chi connectivity index (χ0v) is 20.9. The van der Waals surface area contributed by atoms with Gasteiger partial charge in [0.15, 0.2) is 0 Å². The van der Waals surface area contributed by atoms with Crippen LogP contribution in [0.15, 0.2) is 29.2 Å². The van der Waals surface area contributed by atoms with Crippen molar-refractivity contribution in [1.29, 1.82) is 5.26 Å². The minimum absolute atomic E-state index is 0.0207. The lowest BCUT2D eigenvalue weighted by Gasteiger charge is -2.32. The molecule has 1 N–H and O–H groups in total. The van der Waals surface area contributed by atoms with E-state index in [-0.39, 0.29) is 16.8 Å². The van der Waals surface area contributed by atoms with Gasteiger partial charge in [0.05, 0.1) is 10.5 Å². The maximum Gasteiger partial charge on any atom is 0.256 e. The first-order chi connectivity index (χ1) is 15.7. The molecular weight excluding hydrogens is 456 g/mol. The van der Waals surface area contributed by atoms with Crippen LogP contribution in [-0.4, -0.2) is 48.7 Å². The summed E-state index contributed by atoms with van der Waals surface area (Å²) in [5.41, 5.74) is 1.94. The van der Waals surface area contributed by atoms with Crippen LogP contribution < -0.4 is 5.32 Å². The molecule has 176 valence electrons. The van der Waals surface area contributed by atoms with Crippen molar-refractivity contribution in [2.24, 2.45) is 0 Å². The van der Waals surface area contributed by atoms with Gasteiger partial charge in [-0.25, -0.2) is 8.42 Å². The molecule has 7 nitrogen and oxygen atoms in total. The van der Waals surface area contributed by atoms with Crippen LogP contribution in [0.3, 0.4) is 0 Å². The number of benzene rings is 1. The monoisotopic (exact) mass is 486 g/mol. The summed E-state index contributed by atoms with van der Waals surface area (Å²) in [7, 11) is -3.58. The third kappa shape index (κ3) is 4.71. The molecule has 1 unspecified atom stereocenters. The molecule has 1 fully saturated rings. The fourth-order valence-electron chi connectivity index (χ4n) is 4.59. The van der Waals surface area contributed by atoms with E-state index in [0.717, 1.165) is 49.2 Å². The van der Waals surface area contributed by atoms with Crippen molar-refractivity contribution in [3.8, 4) is 6.07 Å². The number of hydrogen-bond acceptors (Lipinski definition) is 6. The van der Waals surface area contributed by atoms with Crippen LogP contribution in [0.4, 0.5) is 5.00 Å². The standard InChI is InChI=1S/C24H30N4O3S2/c1-16(2)27-13-11-20-21(14-25)24(32-22(20)15-27)26-23(29)18-7-9-19(10-8-18)33(30,31)28-12-5-4-6-17(28)3/h7-10,16-17H,4-6,11-13,15H2,1-3H3,(H,26,29). The van der Waals surface area contributed by atoms with Gasteiger partial charge in [0.1, 0.15) is 11.1 Å². The summed E-state index contributed by atoms with van der Waals surface area (Å²) in [6.07, 6.45) is 3.56. The van der Waals surface area contributed by atoms with E-state index in [4.69, 9.17) is 0 Å². The molecule has 0 spiro atoms. The first-order valence-corrected chi connectivity index (χ1v) is 13.7. The Morgan fingerprint density at radius 2 is 1.94 bits per heavy atom. The molecule has 1 aromatic carbocycles. The topological polar surface area (TPSA) is 93.5 Å². The molecule has 0 radical (unpaired) electrons. The van der Waals surface area contributed by atoms with Crippen LogP contribution in [-0.2, 0) is 23.0 Å². The fraction of sp³-hybridized carbons (Fsp3) is 0.500. The summed E-state index contributed by atoms with van der Waals surface area (Å²) in [6, 6.07) is 8.74. The van der Waals surface area contributed by atoms with Gasteiger partial charge in [0, 0.05) is 42.2 Å². The highest BCUT2D eigenvalue weighted by Crippen LogP contribution is 2.37. The molecule has 0 bridgehead atoms. The largest absolute Gasteiger partial charge is 0.312 e. The molecule has 2 aliphatic rings. The number of carbonyl (C=O) groups is 1. The molecular formula is C24H30N4O3S2. The highest BCUT2D eigenvalue weighted by Gasteiger charge is 2.31. The zero-order chi connectivity index (χ0) is 23.8. The van der Waals surface area contributed by atoms with Crippen LogP contribution in [0.1, 0.15) is 66.4 Å². The summed E-state index contributed by atoms with van der Waals surface area (Å²) >= 11 is 1.46. The summed E-state index contributed by atoms with van der Waals surface area (Å²) in [4.78, 5) is 16.6. The van der Waals surface area contributed by atoms with Crippen molar-refractivity contribution in [2.75, 3.05) is 18.4 Å². The third-order valence-electron chi connectivity index (χ3n) is 6.62. The fourth-order valence-corrected chi connectivity index (χ4v) is 7.51. The van der Waals surface area contributed by atoms with E-state index >= 15 is 0 Å². The van der Waals surface area contributed by atoms with E-state index < -0.39 is 10.0 Å². The van der Waals surface area contributed by atoms with Gasteiger partial charge >= 0.3 is 0 Å². The number of amides is 1. The minimum atomic E-state index is -3.58. The smallest absolute Gasteiger partial charge is 0.256 e. The van der Waals surface area contributed by atoms with E-state index in [9.17, 15) is 18.5 Å².